The summed E-state index contributed by atoms with van der Waals surface area (Å²) >= 11 is 0. The summed E-state index contributed by atoms with van der Waals surface area (Å²) in [4.78, 5) is 25.9. The van der Waals surface area contributed by atoms with Crippen LogP contribution >= 0.6 is 0 Å². The molecule has 1 aliphatic heterocycles. The Morgan fingerprint density at radius 3 is 2.93 bits per heavy atom. The van der Waals surface area contributed by atoms with E-state index in [0.717, 1.165) is 10.9 Å². The van der Waals surface area contributed by atoms with E-state index in [1.807, 2.05) is 18.2 Å². The van der Waals surface area contributed by atoms with Crippen LogP contribution in [0.2, 0.25) is 0 Å². The Balaban J connectivity index is 1.39. The van der Waals surface area contributed by atoms with Crippen LogP contribution in [0.5, 0.6) is 5.88 Å². The van der Waals surface area contributed by atoms with Crippen molar-refractivity contribution in [3.05, 3.63) is 66.5 Å². The number of amides is 1. The number of carbonyl (C=O) groups excluding carboxylic acids is 1. The molecule has 8 heteroatoms. The van der Waals surface area contributed by atoms with Crippen LogP contribution in [0.1, 0.15) is 16.8 Å². The van der Waals surface area contributed by atoms with Gasteiger partial charge >= 0.3 is 0 Å². The lowest BCUT2D eigenvalue weighted by Gasteiger charge is -2.37. The number of aromatic nitrogens is 3. The molecule has 0 bridgehead atoms. The fraction of sp³-hybridized carbons (Fsp3) is 0.227. The van der Waals surface area contributed by atoms with Crippen molar-refractivity contribution in [1.82, 2.24) is 19.9 Å². The third-order valence-corrected chi connectivity index (χ3v) is 5.36. The van der Waals surface area contributed by atoms with Gasteiger partial charge in [-0.2, -0.15) is 0 Å². The lowest BCUT2D eigenvalue weighted by Crippen LogP contribution is -2.55. The molecule has 1 fully saturated rings. The van der Waals surface area contributed by atoms with Gasteiger partial charge in [0.1, 0.15) is 5.52 Å². The number of H-pyrrole nitrogens is 1. The van der Waals surface area contributed by atoms with Gasteiger partial charge in [0.15, 0.2) is 6.10 Å². The van der Waals surface area contributed by atoms with Crippen molar-refractivity contribution in [2.75, 3.05) is 13.1 Å². The van der Waals surface area contributed by atoms with Gasteiger partial charge in [0.05, 0.1) is 23.1 Å². The molecule has 30 heavy (non-hydrogen) atoms. The maximum atomic E-state index is 14.6. The summed E-state index contributed by atoms with van der Waals surface area (Å²) in [5.74, 6) is -3.31. The first kappa shape index (κ1) is 18.5. The summed E-state index contributed by atoms with van der Waals surface area (Å²) < 4.78 is 34.8. The van der Waals surface area contributed by atoms with Crippen molar-refractivity contribution in [2.45, 2.75) is 18.4 Å². The number of nitrogens with zero attached hydrogens (tertiary/aromatic N) is 3. The molecule has 0 radical (unpaired) electrons. The minimum atomic E-state index is -3.07. The standard InChI is InChI=1S/C22H18F2N4O2/c23-22(24)9-11-28(21(29)15-12-26-17-6-3-10-25-20(15)17)13-18(22)30-19-8-7-14-4-1-2-5-16(14)27-19/h1-8,10,12,18,26H,9,11,13H2/t18-/m0/s1. The molecule has 4 heterocycles. The Bertz CT molecular complexity index is 1240. The summed E-state index contributed by atoms with van der Waals surface area (Å²) in [6.07, 6.45) is 1.19. The maximum absolute atomic E-state index is 14.6. The number of likely N-dealkylation sites (tertiary alicyclic amines) is 1. The second-order valence-corrected chi connectivity index (χ2v) is 7.31. The molecule has 152 valence electrons. The van der Waals surface area contributed by atoms with E-state index in [-0.39, 0.29) is 24.9 Å². The van der Waals surface area contributed by atoms with Gasteiger partial charge < -0.3 is 14.6 Å². The number of alkyl halides is 2. The fourth-order valence-corrected chi connectivity index (χ4v) is 3.72. The van der Waals surface area contributed by atoms with E-state index in [4.69, 9.17) is 4.74 Å². The lowest BCUT2D eigenvalue weighted by molar-refractivity contribution is -0.131. The number of hydrogen-bond donors (Lipinski definition) is 1. The van der Waals surface area contributed by atoms with Gasteiger partial charge in [-0.3, -0.25) is 9.78 Å². The molecular formula is C22H18F2N4O2. The number of piperidine rings is 1. The number of pyridine rings is 2. The molecular weight excluding hydrogens is 390 g/mol. The number of benzene rings is 1. The van der Waals surface area contributed by atoms with Gasteiger partial charge in [0, 0.05) is 36.8 Å². The van der Waals surface area contributed by atoms with E-state index in [0.29, 0.717) is 16.6 Å². The van der Waals surface area contributed by atoms with E-state index in [2.05, 4.69) is 15.0 Å². The number of carbonyl (C=O) groups is 1. The predicted molar refractivity (Wildman–Crippen MR) is 108 cm³/mol. The number of hydrogen-bond acceptors (Lipinski definition) is 4. The highest BCUT2D eigenvalue weighted by Crippen LogP contribution is 2.33. The molecule has 1 saturated heterocycles. The number of ether oxygens (including phenoxy) is 1. The Morgan fingerprint density at radius 2 is 2.03 bits per heavy atom. The van der Waals surface area contributed by atoms with Crippen LogP contribution in [0.25, 0.3) is 21.9 Å². The molecule has 0 aliphatic carbocycles. The minimum absolute atomic E-state index is 0.0592. The van der Waals surface area contributed by atoms with E-state index < -0.39 is 18.4 Å². The van der Waals surface area contributed by atoms with E-state index in [1.54, 1.807) is 42.7 Å². The predicted octanol–water partition coefficient (Wildman–Crippen LogP) is 4.04. The van der Waals surface area contributed by atoms with Gasteiger partial charge in [-0.25, -0.2) is 13.8 Å². The number of halogens is 2. The third kappa shape index (κ3) is 3.24. The molecule has 1 atom stereocenters. The normalized spacial score (nSPS) is 18.6. The van der Waals surface area contributed by atoms with E-state index in [1.165, 1.54) is 4.90 Å². The molecule has 1 aromatic carbocycles. The fourth-order valence-electron chi connectivity index (χ4n) is 3.72. The molecule has 5 rings (SSSR count). The number of rotatable bonds is 3. The van der Waals surface area contributed by atoms with Gasteiger partial charge in [0.2, 0.25) is 5.88 Å². The monoisotopic (exact) mass is 408 g/mol. The van der Waals surface area contributed by atoms with Crippen molar-refractivity contribution in [2.24, 2.45) is 0 Å². The summed E-state index contributed by atoms with van der Waals surface area (Å²) in [5, 5.41) is 0.892. The zero-order valence-corrected chi connectivity index (χ0v) is 15.9. The highest BCUT2D eigenvalue weighted by Gasteiger charge is 2.47. The summed E-state index contributed by atoms with van der Waals surface area (Å²) in [6.45, 7) is -0.295. The van der Waals surface area contributed by atoms with Crippen molar-refractivity contribution in [1.29, 1.82) is 0 Å². The largest absolute Gasteiger partial charge is 0.466 e. The Morgan fingerprint density at radius 1 is 1.17 bits per heavy atom. The molecule has 1 N–H and O–H groups in total. The quantitative estimate of drug-likeness (QED) is 0.555. The van der Waals surface area contributed by atoms with E-state index in [9.17, 15) is 13.6 Å². The summed E-state index contributed by atoms with van der Waals surface area (Å²) in [6, 6.07) is 14.3. The molecule has 1 amide bonds. The van der Waals surface area contributed by atoms with Gasteiger partial charge in [-0.15, -0.1) is 0 Å². The zero-order chi connectivity index (χ0) is 20.7. The van der Waals surface area contributed by atoms with Crippen molar-refractivity contribution < 1.29 is 18.3 Å². The molecule has 1 aliphatic rings. The second kappa shape index (κ2) is 7.05. The zero-order valence-electron chi connectivity index (χ0n) is 15.9. The Kier molecular flexibility index (Phi) is 4.34. The highest BCUT2D eigenvalue weighted by molar-refractivity contribution is 6.05. The smallest absolute Gasteiger partial charge is 0.287 e. The number of para-hydroxylation sites is 1. The van der Waals surface area contributed by atoms with Gasteiger partial charge in [-0.1, -0.05) is 18.2 Å². The molecule has 3 aromatic heterocycles. The summed E-state index contributed by atoms with van der Waals surface area (Å²) in [7, 11) is 0. The minimum Gasteiger partial charge on any atom is -0.466 e. The van der Waals surface area contributed by atoms with Gasteiger partial charge in [0.25, 0.3) is 11.8 Å². The summed E-state index contributed by atoms with van der Waals surface area (Å²) in [5.41, 5.74) is 2.26. The van der Waals surface area contributed by atoms with Crippen LogP contribution in [-0.4, -0.2) is 50.9 Å². The molecule has 4 aromatic rings. The number of aromatic amines is 1. The van der Waals surface area contributed by atoms with Crippen LogP contribution < -0.4 is 4.74 Å². The van der Waals surface area contributed by atoms with Crippen molar-refractivity contribution in [3.8, 4) is 5.88 Å². The molecule has 6 nitrogen and oxygen atoms in total. The highest BCUT2D eigenvalue weighted by atomic mass is 19.3. The lowest BCUT2D eigenvalue weighted by atomic mass is 10.0. The first-order valence-electron chi connectivity index (χ1n) is 9.63. The number of fused-ring (bicyclic) bond motifs is 2. The average Bonchev–Trinajstić information content (AvgIpc) is 3.19. The SMILES string of the molecule is O=C(c1c[nH]c2cccnc12)N1CCC(F)(F)[C@@H](Oc2ccc3ccccc3n2)C1. The number of nitrogens with one attached hydrogen (secondary N) is 1. The molecule has 0 saturated carbocycles. The van der Waals surface area contributed by atoms with Crippen molar-refractivity contribution in [3.63, 3.8) is 0 Å². The van der Waals surface area contributed by atoms with Crippen LogP contribution in [0.3, 0.4) is 0 Å². The van der Waals surface area contributed by atoms with Crippen LogP contribution in [-0.2, 0) is 0 Å². The third-order valence-electron chi connectivity index (χ3n) is 5.36. The average molecular weight is 408 g/mol. The molecule has 0 spiro atoms. The second-order valence-electron chi connectivity index (χ2n) is 7.31. The van der Waals surface area contributed by atoms with Crippen molar-refractivity contribution >= 4 is 27.8 Å². The maximum Gasteiger partial charge on any atom is 0.287 e. The Hall–Kier alpha value is -3.55. The van der Waals surface area contributed by atoms with Crippen LogP contribution in [0, 0.1) is 0 Å². The first-order chi connectivity index (χ1) is 14.5. The first-order valence-corrected chi connectivity index (χ1v) is 9.63. The molecule has 0 unspecified atom stereocenters. The topological polar surface area (TPSA) is 71.1 Å². The Labute approximate surface area is 170 Å². The van der Waals surface area contributed by atoms with Crippen LogP contribution in [0.15, 0.2) is 60.9 Å². The van der Waals surface area contributed by atoms with Crippen LogP contribution in [0.4, 0.5) is 8.78 Å². The van der Waals surface area contributed by atoms with E-state index >= 15 is 0 Å². The van der Waals surface area contributed by atoms with Gasteiger partial charge in [-0.05, 0) is 24.3 Å².